The highest BCUT2D eigenvalue weighted by molar-refractivity contribution is 7.96. The van der Waals surface area contributed by atoms with Gasteiger partial charge in [0.15, 0.2) is 0 Å². The van der Waals surface area contributed by atoms with E-state index in [1.165, 1.54) is 12.5 Å². The van der Waals surface area contributed by atoms with E-state index in [1.807, 2.05) is 12.3 Å². The van der Waals surface area contributed by atoms with Crippen molar-refractivity contribution in [2.75, 3.05) is 24.7 Å². The first-order valence-electron chi connectivity index (χ1n) is 10.7. The van der Waals surface area contributed by atoms with E-state index in [-0.39, 0.29) is 23.4 Å². The minimum atomic E-state index is -4.62. The molecule has 0 spiro atoms. The van der Waals surface area contributed by atoms with Crippen LogP contribution in [0.15, 0.2) is 49.6 Å². The lowest BCUT2D eigenvalue weighted by Crippen LogP contribution is -2.35. The van der Waals surface area contributed by atoms with Crippen LogP contribution in [-0.4, -0.2) is 49.2 Å². The Kier molecular flexibility index (Phi) is 7.49. The van der Waals surface area contributed by atoms with Crippen molar-refractivity contribution >= 4 is 29.5 Å². The van der Waals surface area contributed by atoms with Gasteiger partial charge in [-0.15, -0.1) is 6.58 Å². The number of anilines is 1. The number of hydrogen-bond acceptors (Lipinski definition) is 6. The van der Waals surface area contributed by atoms with Gasteiger partial charge in [-0.25, -0.2) is 15.0 Å². The SMILES string of the molecule is C=CCc1ccc(-n2cnc(-c3nc(NC4CCN(SC)CC4)ncc3C(F)(F)F)c2)c(Cl)c1. The second-order valence-electron chi connectivity index (χ2n) is 7.93. The van der Waals surface area contributed by atoms with Gasteiger partial charge in [0.05, 0.1) is 10.7 Å². The number of nitrogens with zero attached hydrogens (tertiary/aromatic N) is 5. The number of rotatable bonds is 7. The molecule has 11 heteroatoms. The largest absolute Gasteiger partial charge is 0.420 e. The normalized spacial score (nSPS) is 15.4. The Morgan fingerprint density at radius 1 is 1.26 bits per heavy atom. The van der Waals surface area contributed by atoms with Gasteiger partial charge in [0.25, 0.3) is 0 Å². The van der Waals surface area contributed by atoms with E-state index in [0.717, 1.165) is 37.7 Å². The van der Waals surface area contributed by atoms with Crippen LogP contribution in [0.1, 0.15) is 24.0 Å². The second kappa shape index (κ2) is 10.4. The van der Waals surface area contributed by atoms with Gasteiger partial charge in [-0.05, 0) is 43.2 Å². The zero-order valence-electron chi connectivity index (χ0n) is 18.5. The number of halogens is 4. The van der Waals surface area contributed by atoms with Crippen molar-refractivity contribution in [1.29, 1.82) is 0 Å². The molecule has 6 nitrogen and oxygen atoms in total. The number of benzene rings is 1. The summed E-state index contributed by atoms with van der Waals surface area (Å²) < 4.78 is 45.1. The second-order valence-corrected chi connectivity index (χ2v) is 9.22. The molecule has 4 rings (SSSR count). The van der Waals surface area contributed by atoms with Gasteiger partial charge in [0.2, 0.25) is 5.95 Å². The number of allylic oxidation sites excluding steroid dienone is 1. The van der Waals surface area contributed by atoms with Crippen LogP contribution in [0.5, 0.6) is 0 Å². The molecule has 1 saturated heterocycles. The molecule has 3 aromatic rings. The third-order valence-electron chi connectivity index (χ3n) is 5.64. The van der Waals surface area contributed by atoms with Gasteiger partial charge in [-0.2, -0.15) is 13.2 Å². The van der Waals surface area contributed by atoms with Gasteiger partial charge >= 0.3 is 6.18 Å². The van der Waals surface area contributed by atoms with E-state index >= 15 is 0 Å². The average Bonchev–Trinajstić information content (AvgIpc) is 3.29. The summed E-state index contributed by atoms with van der Waals surface area (Å²) in [4.78, 5) is 12.4. The summed E-state index contributed by atoms with van der Waals surface area (Å²) in [6, 6.07) is 5.58. The molecule has 0 aliphatic carbocycles. The Morgan fingerprint density at radius 2 is 2.03 bits per heavy atom. The van der Waals surface area contributed by atoms with Crippen molar-refractivity contribution < 1.29 is 13.2 Å². The number of aromatic nitrogens is 4. The summed E-state index contributed by atoms with van der Waals surface area (Å²) in [6.45, 7) is 5.50. The van der Waals surface area contributed by atoms with Crippen LogP contribution < -0.4 is 5.32 Å². The van der Waals surface area contributed by atoms with E-state index in [2.05, 4.69) is 31.2 Å². The molecule has 1 aliphatic heterocycles. The highest BCUT2D eigenvalue weighted by Crippen LogP contribution is 2.36. The predicted molar refractivity (Wildman–Crippen MR) is 130 cm³/mol. The van der Waals surface area contributed by atoms with Crippen molar-refractivity contribution in [3.05, 3.63) is 65.7 Å². The van der Waals surface area contributed by atoms with Crippen LogP contribution in [-0.2, 0) is 12.6 Å². The number of piperidine rings is 1. The number of hydrogen-bond donors (Lipinski definition) is 1. The standard InChI is InChI=1S/C23H24ClF3N6S/c1-3-4-15-5-6-20(18(24)11-15)32-13-19(29-14-32)21-17(23(25,26)27)12-28-22(31-21)30-16-7-9-33(34-2)10-8-16/h3,5-6,11-14,16H,1,4,7-10H2,2H3,(H,28,30,31). The molecule has 34 heavy (non-hydrogen) atoms. The Labute approximate surface area is 205 Å². The third kappa shape index (κ3) is 5.56. The van der Waals surface area contributed by atoms with Crippen LogP contribution in [0, 0.1) is 0 Å². The maximum absolute atomic E-state index is 13.7. The van der Waals surface area contributed by atoms with E-state index in [1.54, 1.807) is 34.7 Å². The molecule has 0 unspecified atom stereocenters. The molecule has 0 bridgehead atoms. The maximum Gasteiger partial charge on any atom is 0.420 e. The highest BCUT2D eigenvalue weighted by Gasteiger charge is 2.36. The zero-order valence-corrected chi connectivity index (χ0v) is 20.1. The maximum atomic E-state index is 13.7. The van der Waals surface area contributed by atoms with E-state index in [4.69, 9.17) is 11.6 Å². The lowest BCUT2D eigenvalue weighted by atomic mass is 10.1. The summed E-state index contributed by atoms with van der Waals surface area (Å²) in [5, 5.41) is 3.65. The molecule has 180 valence electrons. The molecule has 1 N–H and O–H groups in total. The van der Waals surface area contributed by atoms with E-state index in [9.17, 15) is 13.2 Å². The van der Waals surface area contributed by atoms with Crippen molar-refractivity contribution in [1.82, 2.24) is 23.8 Å². The smallest absolute Gasteiger partial charge is 0.351 e. The molecule has 0 amide bonds. The van der Waals surface area contributed by atoms with Crippen LogP contribution in [0.2, 0.25) is 5.02 Å². The first-order chi connectivity index (χ1) is 16.3. The monoisotopic (exact) mass is 508 g/mol. The minimum Gasteiger partial charge on any atom is -0.351 e. The third-order valence-corrected chi connectivity index (χ3v) is 6.82. The first-order valence-corrected chi connectivity index (χ1v) is 12.3. The Bertz CT molecular complexity index is 1160. The Balaban J connectivity index is 1.63. The highest BCUT2D eigenvalue weighted by atomic mass is 35.5. The quantitative estimate of drug-likeness (QED) is 0.317. The van der Waals surface area contributed by atoms with Crippen LogP contribution in [0.3, 0.4) is 0 Å². The fourth-order valence-corrected chi connectivity index (χ4v) is 4.73. The van der Waals surface area contributed by atoms with Crippen molar-refractivity contribution in [3.63, 3.8) is 0 Å². The Hall–Kier alpha value is -2.56. The molecule has 0 saturated carbocycles. The van der Waals surface area contributed by atoms with Gasteiger partial charge in [0.1, 0.15) is 23.3 Å². The van der Waals surface area contributed by atoms with E-state index in [0.29, 0.717) is 17.1 Å². The molecule has 3 heterocycles. The summed E-state index contributed by atoms with van der Waals surface area (Å²) in [5.41, 5.74) is 0.465. The van der Waals surface area contributed by atoms with Crippen molar-refractivity contribution in [3.8, 4) is 17.1 Å². The van der Waals surface area contributed by atoms with Gasteiger partial charge < -0.3 is 9.88 Å². The van der Waals surface area contributed by atoms with Crippen molar-refractivity contribution in [2.24, 2.45) is 0 Å². The van der Waals surface area contributed by atoms with Crippen LogP contribution >= 0.6 is 23.5 Å². The molecule has 2 aromatic heterocycles. The number of nitrogens with one attached hydrogen (secondary N) is 1. The fourth-order valence-electron chi connectivity index (χ4n) is 3.85. The molecule has 1 aromatic carbocycles. The minimum absolute atomic E-state index is 0.0845. The summed E-state index contributed by atoms with van der Waals surface area (Å²) in [5.74, 6) is 0.159. The van der Waals surface area contributed by atoms with Gasteiger partial charge in [0, 0.05) is 31.5 Å². The lowest BCUT2D eigenvalue weighted by molar-refractivity contribution is -0.137. The molecular formula is C23H24ClF3N6S. The Morgan fingerprint density at radius 3 is 2.68 bits per heavy atom. The fraction of sp³-hybridized carbons (Fsp3) is 0.348. The first kappa shape index (κ1) is 24.6. The molecule has 0 atom stereocenters. The topological polar surface area (TPSA) is 58.9 Å². The zero-order chi connectivity index (χ0) is 24.3. The molecule has 1 fully saturated rings. The van der Waals surface area contributed by atoms with Gasteiger partial charge in [-0.1, -0.05) is 35.7 Å². The van der Waals surface area contributed by atoms with Crippen molar-refractivity contribution in [2.45, 2.75) is 31.5 Å². The average molecular weight is 509 g/mol. The summed E-state index contributed by atoms with van der Waals surface area (Å²) >= 11 is 8.10. The lowest BCUT2D eigenvalue weighted by Gasteiger charge is -2.30. The molecular weight excluding hydrogens is 485 g/mol. The van der Waals surface area contributed by atoms with Crippen LogP contribution in [0.25, 0.3) is 17.1 Å². The van der Waals surface area contributed by atoms with Gasteiger partial charge in [-0.3, -0.25) is 4.31 Å². The summed E-state index contributed by atoms with van der Waals surface area (Å²) in [6.07, 6.45) is 5.29. The molecule has 0 radical (unpaired) electrons. The molecule has 1 aliphatic rings. The predicted octanol–water partition coefficient (Wildman–Crippen LogP) is 5.88. The summed E-state index contributed by atoms with van der Waals surface area (Å²) in [7, 11) is 0. The van der Waals surface area contributed by atoms with Crippen LogP contribution in [0.4, 0.5) is 19.1 Å². The number of alkyl halides is 3. The van der Waals surface area contributed by atoms with E-state index < -0.39 is 11.7 Å². The number of imidazole rings is 1.